The number of nitrogens with zero attached hydrogens (tertiary/aromatic N) is 2. The molecule has 0 radical (unpaired) electrons. The molecule has 1 amide bonds. The average molecular weight is 393 g/mol. The summed E-state index contributed by atoms with van der Waals surface area (Å²) in [6.07, 6.45) is 2.55. The number of aromatic nitrogens is 2. The van der Waals surface area contributed by atoms with Gasteiger partial charge in [0.1, 0.15) is 17.3 Å². The fraction of sp³-hybridized carbons (Fsp3) is 0.318. The van der Waals surface area contributed by atoms with Crippen LogP contribution >= 0.6 is 0 Å². The number of hydrogen-bond donors (Lipinski definition) is 1. The van der Waals surface area contributed by atoms with Gasteiger partial charge in [-0.25, -0.2) is 4.98 Å². The van der Waals surface area contributed by atoms with Crippen LogP contribution in [0.3, 0.4) is 0 Å². The highest BCUT2D eigenvalue weighted by molar-refractivity contribution is 5.92. The molecule has 7 heteroatoms. The number of benzene rings is 2. The van der Waals surface area contributed by atoms with E-state index in [4.69, 9.17) is 9.47 Å². The zero-order chi connectivity index (χ0) is 20.4. The molecule has 0 unspecified atom stereocenters. The van der Waals surface area contributed by atoms with E-state index >= 15 is 0 Å². The molecule has 3 aromatic rings. The Morgan fingerprint density at radius 2 is 1.97 bits per heavy atom. The largest absolute Gasteiger partial charge is 0.497 e. The van der Waals surface area contributed by atoms with Crippen LogP contribution in [0.1, 0.15) is 31.1 Å². The van der Waals surface area contributed by atoms with Crippen molar-refractivity contribution in [2.24, 2.45) is 0 Å². The van der Waals surface area contributed by atoms with Gasteiger partial charge in [-0.05, 0) is 37.1 Å². The maximum Gasteiger partial charge on any atom is 0.261 e. The second-order valence-corrected chi connectivity index (χ2v) is 7.07. The third-order valence-electron chi connectivity index (χ3n) is 5.05. The van der Waals surface area contributed by atoms with E-state index in [1.807, 2.05) is 18.2 Å². The number of methoxy groups -OCH3 is 2. The summed E-state index contributed by atoms with van der Waals surface area (Å²) >= 11 is 0. The highest BCUT2D eigenvalue weighted by atomic mass is 16.5. The van der Waals surface area contributed by atoms with Crippen molar-refractivity contribution < 1.29 is 14.3 Å². The van der Waals surface area contributed by atoms with Gasteiger partial charge in [0.05, 0.1) is 30.8 Å². The van der Waals surface area contributed by atoms with Gasteiger partial charge in [-0.1, -0.05) is 12.1 Å². The van der Waals surface area contributed by atoms with Crippen LogP contribution < -0.4 is 20.3 Å². The molecule has 0 aliphatic heterocycles. The summed E-state index contributed by atoms with van der Waals surface area (Å²) in [6.45, 7) is 0. The number of para-hydroxylation sites is 1. The van der Waals surface area contributed by atoms with E-state index in [1.54, 1.807) is 35.9 Å². The van der Waals surface area contributed by atoms with Gasteiger partial charge < -0.3 is 14.8 Å². The highest BCUT2D eigenvalue weighted by Crippen LogP contribution is 2.35. The summed E-state index contributed by atoms with van der Waals surface area (Å²) in [6, 6.07) is 12.7. The van der Waals surface area contributed by atoms with Crippen molar-refractivity contribution >= 4 is 22.5 Å². The van der Waals surface area contributed by atoms with Crippen molar-refractivity contribution in [3.05, 3.63) is 58.6 Å². The molecule has 7 nitrogen and oxygen atoms in total. The Labute approximate surface area is 168 Å². The van der Waals surface area contributed by atoms with Crippen LogP contribution in [0.5, 0.6) is 11.5 Å². The van der Waals surface area contributed by atoms with E-state index in [1.165, 1.54) is 7.11 Å². The lowest BCUT2D eigenvalue weighted by Crippen LogP contribution is -2.25. The van der Waals surface area contributed by atoms with Crippen molar-refractivity contribution in [1.82, 2.24) is 9.55 Å². The first-order valence-electron chi connectivity index (χ1n) is 9.62. The number of ether oxygens (including phenoxy) is 2. The van der Waals surface area contributed by atoms with Crippen molar-refractivity contribution in [1.29, 1.82) is 0 Å². The molecule has 0 saturated heterocycles. The van der Waals surface area contributed by atoms with Gasteiger partial charge >= 0.3 is 0 Å². The first-order valence-corrected chi connectivity index (χ1v) is 9.62. The molecule has 29 heavy (non-hydrogen) atoms. The van der Waals surface area contributed by atoms with Crippen molar-refractivity contribution in [2.75, 3.05) is 19.5 Å². The van der Waals surface area contributed by atoms with Gasteiger partial charge in [0.15, 0.2) is 0 Å². The molecule has 1 aliphatic rings. The summed E-state index contributed by atoms with van der Waals surface area (Å²) in [4.78, 5) is 30.1. The van der Waals surface area contributed by atoms with Crippen LogP contribution in [0.25, 0.3) is 10.9 Å². The Morgan fingerprint density at radius 3 is 2.69 bits per heavy atom. The lowest BCUT2D eigenvalue weighted by Gasteiger charge is -2.14. The lowest BCUT2D eigenvalue weighted by atomic mass is 10.2. The van der Waals surface area contributed by atoms with Crippen LogP contribution in [0.2, 0.25) is 0 Å². The molecule has 150 valence electrons. The van der Waals surface area contributed by atoms with E-state index in [2.05, 4.69) is 10.3 Å². The average Bonchev–Trinajstić information content (AvgIpc) is 3.57. The fourth-order valence-electron chi connectivity index (χ4n) is 3.42. The van der Waals surface area contributed by atoms with Crippen LogP contribution in [0, 0.1) is 0 Å². The number of hydrogen-bond acceptors (Lipinski definition) is 5. The zero-order valence-corrected chi connectivity index (χ0v) is 16.5. The Morgan fingerprint density at radius 1 is 1.17 bits per heavy atom. The minimum atomic E-state index is -0.168. The monoisotopic (exact) mass is 393 g/mol. The van der Waals surface area contributed by atoms with Crippen LogP contribution in [-0.4, -0.2) is 29.7 Å². The van der Waals surface area contributed by atoms with Gasteiger partial charge in [0.25, 0.3) is 5.56 Å². The van der Waals surface area contributed by atoms with Crippen molar-refractivity contribution in [3.63, 3.8) is 0 Å². The molecule has 2 aromatic carbocycles. The standard InChI is InChI=1S/C22H23N3O4/c1-28-15-9-10-18(19(13-15)29-2)24-21(26)12-11-20-23-17-6-4-3-5-16(17)22(27)25(20)14-7-8-14/h3-6,9-10,13-14H,7-8,11-12H2,1-2H3,(H,24,26). The predicted octanol–water partition coefficient (Wildman–Crippen LogP) is 3.32. The van der Waals surface area contributed by atoms with E-state index in [9.17, 15) is 9.59 Å². The molecule has 4 rings (SSSR count). The highest BCUT2D eigenvalue weighted by Gasteiger charge is 2.28. The SMILES string of the molecule is COc1ccc(NC(=O)CCc2nc3ccccc3c(=O)n2C2CC2)c(OC)c1. The second kappa shape index (κ2) is 7.95. The molecule has 1 saturated carbocycles. The quantitative estimate of drug-likeness (QED) is 0.666. The topological polar surface area (TPSA) is 82.5 Å². The molecular formula is C22H23N3O4. The molecule has 0 bridgehead atoms. The third kappa shape index (κ3) is 3.94. The van der Waals surface area contributed by atoms with Gasteiger partial charge in [-0.2, -0.15) is 0 Å². The molecule has 1 aliphatic carbocycles. The number of aryl methyl sites for hydroxylation is 1. The van der Waals surface area contributed by atoms with Gasteiger partial charge in [-0.15, -0.1) is 0 Å². The Hall–Kier alpha value is -3.35. The molecular weight excluding hydrogens is 370 g/mol. The zero-order valence-electron chi connectivity index (χ0n) is 16.5. The number of carbonyl (C=O) groups excluding carboxylic acids is 1. The van der Waals surface area contributed by atoms with Gasteiger partial charge in [0.2, 0.25) is 5.91 Å². The van der Waals surface area contributed by atoms with E-state index in [0.717, 1.165) is 12.8 Å². The predicted molar refractivity (Wildman–Crippen MR) is 111 cm³/mol. The fourth-order valence-corrected chi connectivity index (χ4v) is 3.42. The van der Waals surface area contributed by atoms with Crippen molar-refractivity contribution in [3.8, 4) is 11.5 Å². The number of anilines is 1. The Balaban J connectivity index is 1.53. The normalized spacial score (nSPS) is 13.3. The third-order valence-corrected chi connectivity index (χ3v) is 5.05. The maximum absolute atomic E-state index is 12.9. The Bertz CT molecular complexity index is 1120. The first kappa shape index (κ1) is 19.0. The minimum absolute atomic E-state index is 0.0228. The smallest absolute Gasteiger partial charge is 0.261 e. The van der Waals surface area contributed by atoms with Gasteiger partial charge in [-0.3, -0.25) is 14.2 Å². The van der Waals surface area contributed by atoms with Crippen LogP contribution in [0.15, 0.2) is 47.3 Å². The summed E-state index contributed by atoms with van der Waals surface area (Å²) in [7, 11) is 3.11. The van der Waals surface area contributed by atoms with E-state index in [-0.39, 0.29) is 23.9 Å². The second-order valence-electron chi connectivity index (χ2n) is 7.07. The molecule has 1 fully saturated rings. The number of nitrogens with one attached hydrogen (secondary N) is 1. The van der Waals surface area contributed by atoms with E-state index < -0.39 is 0 Å². The van der Waals surface area contributed by atoms with Crippen LogP contribution in [-0.2, 0) is 11.2 Å². The number of rotatable bonds is 7. The Kier molecular flexibility index (Phi) is 5.20. The summed E-state index contributed by atoms with van der Waals surface area (Å²) < 4.78 is 12.3. The van der Waals surface area contributed by atoms with Gasteiger partial charge in [0, 0.05) is 24.9 Å². The van der Waals surface area contributed by atoms with Crippen LogP contribution in [0.4, 0.5) is 5.69 Å². The minimum Gasteiger partial charge on any atom is -0.497 e. The maximum atomic E-state index is 12.9. The van der Waals surface area contributed by atoms with E-state index in [0.29, 0.717) is 40.3 Å². The number of amides is 1. The molecule has 1 N–H and O–H groups in total. The first-order chi connectivity index (χ1) is 14.1. The molecule has 1 heterocycles. The summed E-state index contributed by atoms with van der Waals surface area (Å²) in [5.41, 5.74) is 1.22. The summed E-state index contributed by atoms with van der Waals surface area (Å²) in [5, 5.41) is 3.49. The summed E-state index contributed by atoms with van der Waals surface area (Å²) in [5.74, 6) is 1.66. The molecule has 0 atom stereocenters. The number of carbonyl (C=O) groups is 1. The number of fused-ring (bicyclic) bond motifs is 1. The molecule has 1 aromatic heterocycles. The lowest BCUT2D eigenvalue weighted by molar-refractivity contribution is -0.116. The van der Waals surface area contributed by atoms with Crippen molar-refractivity contribution in [2.45, 2.75) is 31.7 Å². The molecule has 0 spiro atoms.